The van der Waals surface area contributed by atoms with Crippen LogP contribution >= 0.6 is 0 Å². The minimum Gasteiger partial charge on any atom is -0.482 e. The van der Waals surface area contributed by atoms with E-state index in [1.54, 1.807) is 11.9 Å². The fraction of sp³-hybridized carbons (Fsp3) is 0.263. The number of carbonyl (C=O) groups is 2. The summed E-state index contributed by atoms with van der Waals surface area (Å²) in [6, 6.07) is 13.5. The van der Waals surface area contributed by atoms with Crippen LogP contribution in [0.1, 0.15) is 16.7 Å². The summed E-state index contributed by atoms with van der Waals surface area (Å²) in [6.07, 6.45) is 0.355. The van der Waals surface area contributed by atoms with E-state index in [0.717, 1.165) is 22.4 Å². The van der Waals surface area contributed by atoms with E-state index in [4.69, 9.17) is 4.74 Å². The zero-order valence-electron chi connectivity index (χ0n) is 13.8. The molecule has 0 aliphatic carbocycles. The van der Waals surface area contributed by atoms with Crippen LogP contribution in [0.2, 0.25) is 0 Å². The number of fused-ring (bicyclic) bond motifs is 1. The molecule has 1 aliphatic rings. The van der Waals surface area contributed by atoms with E-state index in [1.807, 2.05) is 49.4 Å². The minimum atomic E-state index is -0.0804. The highest BCUT2D eigenvalue weighted by Gasteiger charge is 2.22. The Morgan fingerprint density at radius 1 is 1.21 bits per heavy atom. The van der Waals surface area contributed by atoms with Gasteiger partial charge in [-0.3, -0.25) is 9.59 Å². The molecule has 0 unspecified atom stereocenters. The van der Waals surface area contributed by atoms with E-state index >= 15 is 0 Å². The Labute approximate surface area is 141 Å². The Morgan fingerprint density at radius 2 is 2.04 bits per heavy atom. The lowest BCUT2D eigenvalue weighted by Crippen LogP contribution is -2.35. The molecule has 2 amide bonds. The number of benzene rings is 2. The molecule has 1 aliphatic heterocycles. The minimum absolute atomic E-state index is 0.0287. The number of anilines is 1. The second-order valence-electron chi connectivity index (χ2n) is 5.99. The monoisotopic (exact) mass is 324 g/mol. The largest absolute Gasteiger partial charge is 0.482 e. The molecule has 0 saturated heterocycles. The molecular weight excluding hydrogens is 304 g/mol. The summed E-state index contributed by atoms with van der Waals surface area (Å²) in [4.78, 5) is 25.4. The Bertz CT molecular complexity index is 786. The third kappa shape index (κ3) is 3.56. The third-order valence-electron chi connectivity index (χ3n) is 4.05. The van der Waals surface area contributed by atoms with Crippen molar-refractivity contribution in [3.8, 4) is 5.75 Å². The second-order valence-corrected chi connectivity index (χ2v) is 5.99. The summed E-state index contributed by atoms with van der Waals surface area (Å²) in [5, 5.41) is 2.92. The summed E-state index contributed by atoms with van der Waals surface area (Å²) < 4.78 is 5.40. The van der Waals surface area contributed by atoms with Crippen molar-refractivity contribution in [3.05, 3.63) is 59.2 Å². The highest BCUT2D eigenvalue weighted by Crippen LogP contribution is 2.31. The van der Waals surface area contributed by atoms with Gasteiger partial charge in [0.15, 0.2) is 6.61 Å². The fourth-order valence-electron chi connectivity index (χ4n) is 2.70. The van der Waals surface area contributed by atoms with Gasteiger partial charge >= 0.3 is 0 Å². The van der Waals surface area contributed by atoms with Gasteiger partial charge in [-0.05, 0) is 30.2 Å². The van der Waals surface area contributed by atoms with Gasteiger partial charge in [0, 0.05) is 13.6 Å². The van der Waals surface area contributed by atoms with Crippen molar-refractivity contribution < 1.29 is 14.3 Å². The van der Waals surface area contributed by atoms with Crippen LogP contribution in [0.4, 0.5) is 5.69 Å². The second kappa shape index (κ2) is 6.74. The molecule has 2 aromatic carbocycles. The van der Waals surface area contributed by atoms with Crippen molar-refractivity contribution in [2.45, 2.75) is 19.9 Å². The molecule has 24 heavy (non-hydrogen) atoms. The Hall–Kier alpha value is -2.82. The molecular formula is C19H20N2O3. The van der Waals surface area contributed by atoms with E-state index in [9.17, 15) is 9.59 Å². The summed E-state index contributed by atoms with van der Waals surface area (Å²) in [5.41, 5.74) is 3.80. The number of nitrogens with zero attached hydrogens (tertiary/aromatic N) is 1. The predicted molar refractivity (Wildman–Crippen MR) is 92.1 cm³/mol. The van der Waals surface area contributed by atoms with Gasteiger partial charge in [0.05, 0.1) is 12.1 Å². The Kier molecular flexibility index (Phi) is 4.51. The zero-order chi connectivity index (χ0) is 17.1. The quantitative estimate of drug-likeness (QED) is 0.938. The van der Waals surface area contributed by atoms with Crippen LogP contribution in [0.25, 0.3) is 0 Å². The summed E-state index contributed by atoms with van der Waals surface area (Å²) in [5.74, 6) is 0.578. The average Bonchev–Trinajstić information content (AvgIpc) is 2.56. The standard InChI is InChI=1S/C19H20N2O3/c1-13-4-3-5-14(8-13)10-18(22)20-11-15-6-7-17-16(9-15)21(2)19(23)12-24-17/h3-9H,10-12H2,1-2H3,(H,20,22). The first kappa shape index (κ1) is 16.1. The number of hydrogen-bond acceptors (Lipinski definition) is 3. The number of ether oxygens (including phenoxy) is 1. The number of hydrogen-bond donors (Lipinski definition) is 1. The molecule has 0 saturated carbocycles. The molecule has 5 nitrogen and oxygen atoms in total. The van der Waals surface area contributed by atoms with Crippen LogP contribution in [0.15, 0.2) is 42.5 Å². The molecule has 1 N–H and O–H groups in total. The van der Waals surface area contributed by atoms with Crippen LogP contribution in [0, 0.1) is 6.92 Å². The highest BCUT2D eigenvalue weighted by atomic mass is 16.5. The summed E-state index contributed by atoms with van der Waals surface area (Å²) >= 11 is 0. The van der Waals surface area contributed by atoms with Gasteiger partial charge in [0.2, 0.25) is 5.91 Å². The smallest absolute Gasteiger partial charge is 0.264 e. The van der Waals surface area contributed by atoms with E-state index in [0.29, 0.717) is 18.7 Å². The summed E-state index contributed by atoms with van der Waals surface area (Å²) in [6.45, 7) is 2.49. The van der Waals surface area contributed by atoms with E-state index < -0.39 is 0 Å². The van der Waals surface area contributed by atoms with Crippen molar-refractivity contribution in [2.24, 2.45) is 0 Å². The topological polar surface area (TPSA) is 58.6 Å². The molecule has 0 fully saturated rings. The maximum absolute atomic E-state index is 12.1. The molecule has 0 atom stereocenters. The van der Waals surface area contributed by atoms with Crippen molar-refractivity contribution in [2.75, 3.05) is 18.6 Å². The number of aryl methyl sites for hydroxylation is 1. The average molecular weight is 324 g/mol. The first-order valence-corrected chi connectivity index (χ1v) is 7.87. The maximum Gasteiger partial charge on any atom is 0.264 e. The van der Waals surface area contributed by atoms with Gasteiger partial charge in [-0.25, -0.2) is 0 Å². The van der Waals surface area contributed by atoms with Gasteiger partial charge in [0.1, 0.15) is 5.75 Å². The number of carbonyl (C=O) groups excluding carboxylic acids is 2. The van der Waals surface area contributed by atoms with Gasteiger partial charge in [0.25, 0.3) is 5.91 Å². The van der Waals surface area contributed by atoms with Crippen molar-refractivity contribution >= 4 is 17.5 Å². The van der Waals surface area contributed by atoms with Gasteiger partial charge in [-0.2, -0.15) is 0 Å². The molecule has 3 rings (SSSR count). The lowest BCUT2D eigenvalue weighted by Gasteiger charge is -2.26. The van der Waals surface area contributed by atoms with Crippen molar-refractivity contribution in [3.63, 3.8) is 0 Å². The normalized spacial score (nSPS) is 13.2. The Morgan fingerprint density at radius 3 is 2.83 bits per heavy atom. The third-order valence-corrected chi connectivity index (χ3v) is 4.05. The van der Waals surface area contributed by atoms with Crippen LogP contribution in [-0.4, -0.2) is 25.5 Å². The van der Waals surface area contributed by atoms with E-state index in [1.165, 1.54) is 0 Å². The lowest BCUT2D eigenvalue weighted by atomic mass is 10.1. The highest BCUT2D eigenvalue weighted by molar-refractivity contribution is 5.97. The number of rotatable bonds is 4. The number of likely N-dealkylation sites (N-methyl/N-ethyl adjacent to an activating group) is 1. The lowest BCUT2D eigenvalue weighted by molar-refractivity contribution is -0.121. The number of amides is 2. The molecule has 0 aromatic heterocycles. The first-order chi connectivity index (χ1) is 11.5. The van der Waals surface area contributed by atoms with Gasteiger partial charge < -0.3 is 15.0 Å². The molecule has 0 radical (unpaired) electrons. The molecule has 0 bridgehead atoms. The van der Waals surface area contributed by atoms with Crippen LogP contribution in [-0.2, 0) is 22.6 Å². The molecule has 2 aromatic rings. The fourth-order valence-corrected chi connectivity index (χ4v) is 2.70. The molecule has 0 spiro atoms. The SMILES string of the molecule is Cc1cccc(CC(=O)NCc2ccc3c(c2)N(C)C(=O)CO3)c1. The maximum atomic E-state index is 12.1. The predicted octanol–water partition coefficient (Wildman–Crippen LogP) is 2.21. The van der Waals surface area contributed by atoms with Crippen LogP contribution < -0.4 is 15.0 Å². The molecule has 1 heterocycles. The summed E-state index contributed by atoms with van der Waals surface area (Å²) in [7, 11) is 1.73. The molecule has 5 heteroatoms. The number of nitrogens with one attached hydrogen (secondary N) is 1. The zero-order valence-corrected chi connectivity index (χ0v) is 13.8. The van der Waals surface area contributed by atoms with E-state index in [2.05, 4.69) is 5.32 Å². The first-order valence-electron chi connectivity index (χ1n) is 7.87. The van der Waals surface area contributed by atoms with Gasteiger partial charge in [-0.15, -0.1) is 0 Å². The van der Waals surface area contributed by atoms with Crippen LogP contribution in [0.5, 0.6) is 5.75 Å². The molecule has 124 valence electrons. The van der Waals surface area contributed by atoms with Crippen molar-refractivity contribution in [1.82, 2.24) is 5.32 Å². The van der Waals surface area contributed by atoms with Gasteiger partial charge in [-0.1, -0.05) is 35.9 Å². The Balaban J connectivity index is 1.62. The van der Waals surface area contributed by atoms with Crippen LogP contribution in [0.3, 0.4) is 0 Å². The van der Waals surface area contributed by atoms with E-state index in [-0.39, 0.29) is 18.4 Å². The van der Waals surface area contributed by atoms with Crippen molar-refractivity contribution in [1.29, 1.82) is 0 Å².